The molecule has 51 heavy (non-hydrogen) atoms. The van der Waals surface area contributed by atoms with Crippen molar-refractivity contribution in [3.8, 4) is 17.2 Å². The maximum Gasteiger partial charge on any atom is 0.264 e. The number of carbonyl (C=O) groups is 2. The van der Waals surface area contributed by atoms with Gasteiger partial charge in [-0.3, -0.25) is 13.9 Å². The highest BCUT2D eigenvalue weighted by atomic mass is 32.2. The van der Waals surface area contributed by atoms with Gasteiger partial charge in [-0.05, 0) is 78.2 Å². The van der Waals surface area contributed by atoms with Crippen LogP contribution in [0.4, 0.5) is 5.69 Å². The molecule has 5 rings (SSSR count). The van der Waals surface area contributed by atoms with E-state index in [9.17, 15) is 18.0 Å². The third kappa shape index (κ3) is 9.98. The van der Waals surface area contributed by atoms with Crippen molar-refractivity contribution in [1.29, 1.82) is 0 Å². The number of anilines is 1. The van der Waals surface area contributed by atoms with Gasteiger partial charge in [0, 0.05) is 19.5 Å². The summed E-state index contributed by atoms with van der Waals surface area (Å²) in [6.45, 7) is 1.97. The van der Waals surface area contributed by atoms with E-state index in [4.69, 9.17) is 9.47 Å². The second-order valence-electron chi connectivity index (χ2n) is 12.0. The number of hydrogen-bond donors (Lipinski definition) is 1. The molecule has 2 amide bonds. The molecular weight excluding hydrogens is 663 g/mol. The Balaban J connectivity index is 1.55. The van der Waals surface area contributed by atoms with E-state index in [0.29, 0.717) is 23.8 Å². The molecule has 1 unspecified atom stereocenters. The number of sulfonamides is 1. The highest BCUT2D eigenvalue weighted by Gasteiger charge is 2.34. The van der Waals surface area contributed by atoms with Gasteiger partial charge in [0.2, 0.25) is 11.8 Å². The second-order valence-corrected chi connectivity index (χ2v) is 13.8. The number of amides is 2. The van der Waals surface area contributed by atoms with E-state index >= 15 is 0 Å². The summed E-state index contributed by atoms with van der Waals surface area (Å²) in [6.07, 6.45) is 1.89. The molecule has 0 heterocycles. The number of nitrogens with one attached hydrogen (secondary N) is 1. The quantitative estimate of drug-likeness (QED) is 0.102. The molecule has 0 spiro atoms. The van der Waals surface area contributed by atoms with Gasteiger partial charge in [0.25, 0.3) is 10.0 Å². The molecule has 1 N–H and O–H groups in total. The molecule has 0 fully saturated rings. The fourth-order valence-corrected chi connectivity index (χ4v) is 7.02. The Hall–Kier alpha value is -5.61. The van der Waals surface area contributed by atoms with Crippen LogP contribution in [0.3, 0.4) is 0 Å². The maximum absolute atomic E-state index is 14.7. The van der Waals surface area contributed by atoms with Crippen LogP contribution in [0.1, 0.15) is 30.9 Å². The molecule has 0 radical (unpaired) electrons. The van der Waals surface area contributed by atoms with Gasteiger partial charge >= 0.3 is 0 Å². The van der Waals surface area contributed by atoms with Crippen molar-refractivity contribution in [3.05, 3.63) is 151 Å². The van der Waals surface area contributed by atoms with Crippen molar-refractivity contribution in [1.82, 2.24) is 10.2 Å². The number of nitrogens with zero attached hydrogens (tertiary/aromatic N) is 2. The minimum absolute atomic E-state index is 0.0277. The predicted molar refractivity (Wildman–Crippen MR) is 199 cm³/mol. The van der Waals surface area contributed by atoms with E-state index in [1.54, 1.807) is 61.7 Å². The molecule has 9 nitrogen and oxygen atoms in total. The summed E-state index contributed by atoms with van der Waals surface area (Å²) < 4.78 is 41.1. The van der Waals surface area contributed by atoms with E-state index < -0.39 is 28.5 Å². The molecule has 10 heteroatoms. The second kappa shape index (κ2) is 17.9. The Morgan fingerprint density at radius 3 is 1.96 bits per heavy atom. The molecule has 264 valence electrons. The van der Waals surface area contributed by atoms with Crippen molar-refractivity contribution >= 4 is 27.5 Å². The monoisotopic (exact) mass is 705 g/mol. The highest BCUT2D eigenvalue weighted by Crippen LogP contribution is 2.29. The van der Waals surface area contributed by atoms with Gasteiger partial charge < -0.3 is 19.7 Å². The van der Waals surface area contributed by atoms with Crippen LogP contribution in [0.25, 0.3) is 0 Å². The van der Waals surface area contributed by atoms with Gasteiger partial charge in [-0.25, -0.2) is 8.42 Å². The first-order valence-corrected chi connectivity index (χ1v) is 18.4. The topological polar surface area (TPSA) is 105 Å². The number of ether oxygens (including phenoxy) is 2. The number of hydrogen-bond acceptors (Lipinski definition) is 6. The third-order valence-corrected chi connectivity index (χ3v) is 10.1. The van der Waals surface area contributed by atoms with Gasteiger partial charge in [0.05, 0.1) is 17.7 Å². The number of carbonyl (C=O) groups excluding carboxylic acids is 2. The first-order valence-electron chi connectivity index (χ1n) is 16.9. The fraction of sp³-hybridized carbons (Fsp3) is 0.220. The van der Waals surface area contributed by atoms with Crippen LogP contribution in [-0.4, -0.2) is 51.4 Å². The van der Waals surface area contributed by atoms with E-state index in [1.807, 2.05) is 79.7 Å². The van der Waals surface area contributed by atoms with Crippen molar-refractivity contribution in [2.75, 3.05) is 24.5 Å². The highest BCUT2D eigenvalue weighted by molar-refractivity contribution is 7.92. The zero-order valence-corrected chi connectivity index (χ0v) is 29.7. The lowest BCUT2D eigenvalue weighted by molar-refractivity contribution is -0.140. The van der Waals surface area contributed by atoms with Crippen LogP contribution in [0.2, 0.25) is 0 Å². The van der Waals surface area contributed by atoms with Gasteiger partial charge in [0.1, 0.15) is 29.8 Å². The molecule has 0 aliphatic rings. The molecule has 5 aromatic rings. The number of para-hydroxylation sites is 1. The minimum Gasteiger partial charge on any atom is -0.497 e. The van der Waals surface area contributed by atoms with E-state index in [2.05, 4.69) is 5.32 Å². The Morgan fingerprint density at radius 1 is 0.725 bits per heavy atom. The van der Waals surface area contributed by atoms with E-state index in [-0.39, 0.29) is 29.5 Å². The minimum atomic E-state index is -4.24. The zero-order chi connectivity index (χ0) is 36.1. The molecule has 1 atom stereocenters. The summed E-state index contributed by atoms with van der Waals surface area (Å²) in [5.41, 5.74) is 1.85. The van der Waals surface area contributed by atoms with Crippen molar-refractivity contribution in [3.63, 3.8) is 0 Å². The smallest absolute Gasteiger partial charge is 0.264 e. The van der Waals surface area contributed by atoms with Crippen LogP contribution in [0.15, 0.2) is 144 Å². The van der Waals surface area contributed by atoms with Gasteiger partial charge in [-0.1, -0.05) is 92.2 Å². The van der Waals surface area contributed by atoms with Crippen molar-refractivity contribution in [2.24, 2.45) is 0 Å². The standard InChI is InChI=1S/C41H43N3O6S/c1-3-4-27-42-41(46)39(29-32-15-8-5-9-16-32)43(30-33-17-14-20-37(28-33)49-2)40(45)31-44(51(47,48)38-21-12-7-13-22-38)34-23-25-36(26-24-34)50-35-18-10-6-11-19-35/h5-26,28,39H,3-4,27,29-31H2,1-2H3,(H,42,46). The third-order valence-electron chi connectivity index (χ3n) is 8.30. The maximum atomic E-state index is 14.7. The number of benzene rings is 5. The lowest BCUT2D eigenvalue weighted by Gasteiger charge is -2.34. The molecule has 0 bridgehead atoms. The molecule has 5 aromatic carbocycles. The Kier molecular flexibility index (Phi) is 12.8. The van der Waals surface area contributed by atoms with Crippen molar-refractivity contribution in [2.45, 2.75) is 43.7 Å². The largest absolute Gasteiger partial charge is 0.497 e. The van der Waals surface area contributed by atoms with E-state index in [0.717, 1.165) is 28.3 Å². The normalized spacial score (nSPS) is 11.6. The zero-order valence-electron chi connectivity index (χ0n) is 28.9. The molecule has 0 saturated heterocycles. The number of rotatable bonds is 17. The number of methoxy groups -OCH3 is 1. The lowest BCUT2D eigenvalue weighted by atomic mass is 10.0. The van der Waals surface area contributed by atoms with Crippen molar-refractivity contribution < 1.29 is 27.5 Å². The molecule has 0 aromatic heterocycles. The van der Waals surface area contributed by atoms with Gasteiger partial charge in [-0.15, -0.1) is 0 Å². The molecule has 0 aliphatic heterocycles. The summed E-state index contributed by atoms with van der Waals surface area (Å²) >= 11 is 0. The van der Waals surface area contributed by atoms with Crippen LogP contribution in [0.5, 0.6) is 17.2 Å². The van der Waals surface area contributed by atoms with E-state index in [1.165, 1.54) is 17.0 Å². The van der Waals surface area contributed by atoms with Gasteiger partial charge in [0.15, 0.2) is 0 Å². The summed E-state index contributed by atoms with van der Waals surface area (Å²) in [5, 5.41) is 3.01. The Labute approximate surface area is 300 Å². The van der Waals surface area contributed by atoms with Crippen LogP contribution in [-0.2, 0) is 32.6 Å². The first-order chi connectivity index (χ1) is 24.8. The van der Waals surface area contributed by atoms with Crippen LogP contribution in [0, 0.1) is 0 Å². The molecular formula is C41H43N3O6S. The Morgan fingerprint density at radius 2 is 1.31 bits per heavy atom. The fourth-order valence-electron chi connectivity index (χ4n) is 5.58. The number of unbranched alkanes of at least 4 members (excludes halogenated alkanes) is 1. The predicted octanol–water partition coefficient (Wildman–Crippen LogP) is 7.24. The summed E-state index contributed by atoms with van der Waals surface area (Å²) in [7, 11) is -2.68. The van der Waals surface area contributed by atoms with Gasteiger partial charge in [-0.2, -0.15) is 0 Å². The summed E-state index contributed by atoms with van der Waals surface area (Å²) in [4.78, 5) is 30.2. The SMILES string of the molecule is CCCCNC(=O)C(Cc1ccccc1)N(Cc1cccc(OC)c1)C(=O)CN(c1ccc(Oc2ccccc2)cc1)S(=O)(=O)c1ccccc1. The van der Waals surface area contributed by atoms with Crippen LogP contribution < -0.4 is 19.1 Å². The summed E-state index contributed by atoms with van der Waals surface area (Å²) in [6, 6.07) is 39.6. The van der Waals surface area contributed by atoms with Crippen LogP contribution >= 0.6 is 0 Å². The molecule has 0 aliphatic carbocycles. The first kappa shape index (κ1) is 36.7. The lowest BCUT2D eigenvalue weighted by Crippen LogP contribution is -2.53. The molecule has 0 saturated carbocycles. The average Bonchev–Trinajstić information content (AvgIpc) is 3.16. The Bertz CT molecular complexity index is 1960. The average molecular weight is 706 g/mol. The summed E-state index contributed by atoms with van der Waals surface area (Å²) in [5.74, 6) is 0.860.